The molecule has 0 spiro atoms. The lowest BCUT2D eigenvalue weighted by Gasteiger charge is -2.43. The van der Waals surface area contributed by atoms with Crippen LogP contribution in [-0.2, 0) is 18.6 Å². The van der Waals surface area contributed by atoms with E-state index in [1.807, 2.05) is 12.1 Å². The maximum absolute atomic E-state index is 12.6. The molecule has 1 fully saturated rings. The fourth-order valence-electron chi connectivity index (χ4n) is 2.96. The zero-order chi connectivity index (χ0) is 16.5. The lowest BCUT2D eigenvalue weighted by molar-refractivity contribution is -0.141. The monoisotopic (exact) mass is 387 g/mol. The van der Waals surface area contributed by atoms with Gasteiger partial charge in [-0.3, -0.25) is 0 Å². The standard InChI is InChI=1S/C16H17BrF3N3/c17-13-4-2-12(3-5-13)15(6-1-7-15)22-10-14-21-8-9-23(14)11-16(18,19)20/h2-5,8-9,22H,1,6-7,10-11H2. The number of nitrogens with one attached hydrogen (secondary N) is 1. The summed E-state index contributed by atoms with van der Waals surface area (Å²) in [5.41, 5.74) is 1.01. The average Bonchev–Trinajstić information content (AvgIpc) is 2.84. The van der Waals surface area contributed by atoms with Gasteiger partial charge in [0, 0.05) is 22.4 Å². The fraction of sp³-hybridized carbons (Fsp3) is 0.438. The second kappa shape index (κ2) is 6.28. The summed E-state index contributed by atoms with van der Waals surface area (Å²) in [5.74, 6) is 0.408. The summed E-state index contributed by atoms with van der Waals surface area (Å²) in [7, 11) is 0. The zero-order valence-electron chi connectivity index (χ0n) is 12.4. The molecule has 0 radical (unpaired) electrons. The Balaban J connectivity index is 1.72. The summed E-state index contributed by atoms with van der Waals surface area (Å²) in [5, 5.41) is 3.43. The van der Waals surface area contributed by atoms with Crippen molar-refractivity contribution in [3.63, 3.8) is 0 Å². The van der Waals surface area contributed by atoms with Crippen LogP contribution in [0.3, 0.4) is 0 Å². The van der Waals surface area contributed by atoms with Gasteiger partial charge in [0.15, 0.2) is 0 Å². The molecule has 1 aliphatic rings. The van der Waals surface area contributed by atoms with E-state index in [2.05, 4.69) is 38.4 Å². The summed E-state index contributed by atoms with van der Waals surface area (Å²) in [6, 6.07) is 8.08. The van der Waals surface area contributed by atoms with E-state index < -0.39 is 12.7 Å². The van der Waals surface area contributed by atoms with Gasteiger partial charge in [-0.2, -0.15) is 13.2 Å². The number of hydrogen-bond acceptors (Lipinski definition) is 2. The lowest BCUT2D eigenvalue weighted by Crippen LogP contribution is -2.48. The summed E-state index contributed by atoms with van der Waals surface area (Å²) in [6.45, 7) is -0.686. The Bertz CT molecular complexity index is 660. The number of alkyl halides is 3. The third-order valence-electron chi connectivity index (χ3n) is 4.34. The molecule has 3 rings (SSSR count). The minimum Gasteiger partial charge on any atom is -0.325 e. The van der Waals surface area contributed by atoms with E-state index >= 15 is 0 Å². The van der Waals surface area contributed by atoms with Gasteiger partial charge in [-0.25, -0.2) is 4.98 Å². The third-order valence-corrected chi connectivity index (χ3v) is 4.87. The highest BCUT2D eigenvalue weighted by molar-refractivity contribution is 9.10. The van der Waals surface area contributed by atoms with Gasteiger partial charge in [0.05, 0.1) is 6.54 Å². The maximum Gasteiger partial charge on any atom is 0.406 e. The predicted molar refractivity (Wildman–Crippen MR) is 84.8 cm³/mol. The van der Waals surface area contributed by atoms with Crippen molar-refractivity contribution < 1.29 is 13.2 Å². The van der Waals surface area contributed by atoms with Crippen LogP contribution < -0.4 is 5.32 Å². The first-order valence-corrected chi connectivity index (χ1v) is 8.25. The van der Waals surface area contributed by atoms with E-state index in [0.717, 1.165) is 28.3 Å². The largest absolute Gasteiger partial charge is 0.406 e. The molecular formula is C16H17BrF3N3. The molecule has 1 aromatic heterocycles. The number of halogens is 4. The summed E-state index contributed by atoms with van der Waals surface area (Å²) < 4.78 is 39.9. The highest BCUT2D eigenvalue weighted by Gasteiger charge is 2.38. The van der Waals surface area contributed by atoms with Crippen LogP contribution in [0.4, 0.5) is 13.2 Å². The van der Waals surface area contributed by atoms with Crippen molar-refractivity contribution in [3.8, 4) is 0 Å². The van der Waals surface area contributed by atoms with Crippen LogP contribution in [0.5, 0.6) is 0 Å². The van der Waals surface area contributed by atoms with E-state index in [0.29, 0.717) is 12.4 Å². The van der Waals surface area contributed by atoms with Gasteiger partial charge < -0.3 is 9.88 Å². The number of rotatable bonds is 5. The van der Waals surface area contributed by atoms with Crippen molar-refractivity contribution in [2.45, 2.75) is 44.1 Å². The molecule has 1 aliphatic carbocycles. The van der Waals surface area contributed by atoms with Gasteiger partial charge in [0.25, 0.3) is 0 Å². The van der Waals surface area contributed by atoms with E-state index in [1.165, 1.54) is 18.0 Å². The molecule has 7 heteroatoms. The third kappa shape index (κ3) is 3.77. The number of aromatic nitrogens is 2. The molecular weight excluding hydrogens is 371 g/mol. The van der Waals surface area contributed by atoms with Crippen molar-refractivity contribution >= 4 is 15.9 Å². The SMILES string of the molecule is FC(F)(F)Cn1ccnc1CNC1(c2ccc(Br)cc2)CCC1. The molecule has 1 heterocycles. The predicted octanol–water partition coefficient (Wildman–Crippen LogP) is 4.38. The number of nitrogens with zero attached hydrogens (tertiary/aromatic N) is 2. The summed E-state index contributed by atoms with van der Waals surface area (Å²) >= 11 is 3.42. The number of imidazole rings is 1. The molecule has 0 atom stereocenters. The fourth-order valence-corrected chi connectivity index (χ4v) is 3.22. The minimum absolute atomic E-state index is 0.157. The first-order chi connectivity index (χ1) is 10.9. The van der Waals surface area contributed by atoms with Crippen LogP contribution in [0.1, 0.15) is 30.7 Å². The van der Waals surface area contributed by atoms with E-state index in [4.69, 9.17) is 0 Å². The van der Waals surface area contributed by atoms with Crippen molar-refractivity contribution in [3.05, 3.63) is 52.5 Å². The molecule has 2 aromatic rings. The number of benzene rings is 1. The number of hydrogen-bond donors (Lipinski definition) is 1. The van der Waals surface area contributed by atoms with Crippen LogP contribution in [0.25, 0.3) is 0 Å². The van der Waals surface area contributed by atoms with Gasteiger partial charge in [-0.15, -0.1) is 0 Å². The van der Waals surface area contributed by atoms with Gasteiger partial charge >= 0.3 is 6.18 Å². The van der Waals surface area contributed by atoms with Crippen molar-refractivity contribution in [1.82, 2.24) is 14.9 Å². The van der Waals surface area contributed by atoms with E-state index in [9.17, 15) is 13.2 Å². The normalized spacial score (nSPS) is 17.0. The molecule has 0 saturated heterocycles. The Morgan fingerprint density at radius 2 is 1.91 bits per heavy atom. The van der Waals surface area contributed by atoms with E-state index in [-0.39, 0.29) is 5.54 Å². The molecule has 3 nitrogen and oxygen atoms in total. The van der Waals surface area contributed by atoms with Crippen molar-refractivity contribution in [2.75, 3.05) is 0 Å². The summed E-state index contributed by atoms with van der Waals surface area (Å²) in [4.78, 5) is 4.06. The first-order valence-electron chi connectivity index (χ1n) is 7.46. The Morgan fingerprint density at radius 1 is 1.22 bits per heavy atom. The molecule has 23 heavy (non-hydrogen) atoms. The Hall–Kier alpha value is -1.34. The highest BCUT2D eigenvalue weighted by atomic mass is 79.9. The van der Waals surface area contributed by atoms with Gasteiger partial charge in [0.1, 0.15) is 12.4 Å². The molecule has 0 amide bonds. The molecule has 1 aromatic carbocycles. The Morgan fingerprint density at radius 3 is 2.48 bits per heavy atom. The quantitative estimate of drug-likeness (QED) is 0.824. The first kappa shape index (κ1) is 16.5. The molecule has 124 valence electrons. The van der Waals surface area contributed by atoms with Crippen LogP contribution in [0.15, 0.2) is 41.1 Å². The van der Waals surface area contributed by atoms with Gasteiger partial charge in [-0.05, 0) is 37.0 Å². The van der Waals surface area contributed by atoms with Crippen LogP contribution in [0.2, 0.25) is 0 Å². The minimum atomic E-state index is -4.24. The average molecular weight is 388 g/mol. The second-order valence-corrected chi connectivity index (χ2v) is 6.80. The Kier molecular flexibility index (Phi) is 4.51. The van der Waals surface area contributed by atoms with Crippen molar-refractivity contribution in [2.24, 2.45) is 0 Å². The molecule has 1 saturated carbocycles. The second-order valence-electron chi connectivity index (χ2n) is 5.88. The van der Waals surface area contributed by atoms with Crippen LogP contribution in [0, 0.1) is 0 Å². The zero-order valence-corrected chi connectivity index (χ0v) is 14.0. The Labute approximate surface area is 141 Å². The highest BCUT2D eigenvalue weighted by Crippen LogP contribution is 2.41. The molecule has 0 bridgehead atoms. The van der Waals surface area contributed by atoms with Gasteiger partial charge in [0.2, 0.25) is 0 Å². The van der Waals surface area contributed by atoms with Crippen LogP contribution >= 0.6 is 15.9 Å². The van der Waals surface area contributed by atoms with Gasteiger partial charge in [-0.1, -0.05) is 28.1 Å². The van der Waals surface area contributed by atoms with Crippen LogP contribution in [-0.4, -0.2) is 15.7 Å². The topological polar surface area (TPSA) is 29.9 Å². The molecule has 0 aliphatic heterocycles. The maximum atomic E-state index is 12.6. The van der Waals surface area contributed by atoms with E-state index in [1.54, 1.807) is 0 Å². The summed E-state index contributed by atoms with van der Waals surface area (Å²) in [6.07, 6.45) is 1.62. The molecule has 1 N–H and O–H groups in total. The molecule has 0 unspecified atom stereocenters. The smallest absolute Gasteiger partial charge is 0.325 e. The lowest BCUT2D eigenvalue weighted by atomic mass is 9.72. The van der Waals surface area contributed by atoms with Crippen molar-refractivity contribution in [1.29, 1.82) is 0 Å².